The molecule has 1 aliphatic rings. The van der Waals surface area contributed by atoms with Crippen molar-refractivity contribution in [1.82, 2.24) is 10.2 Å². The number of benzene rings is 2. The number of amides is 1. The number of carbonyl (C=O) groups excluding carboxylic acids is 1. The molecular weight excluding hydrogens is 478 g/mol. The monoisotopic (exact) mass is 509 g/mol. The van der Waals surface area contributed by atoms with Gasteiger partial charge in [0.1, 0.15) is 11.8 Å². The molecule has 10 heteroatoms. The first-order valence-corrected chi connectivity index (χ1v) is 13.4. The van der Waals surface area contributed by atoms with Crippen molar-refractivity contribution in [2.45, 2.75) is 32.5 Å². The van der Waals surface area contributed by atoms with E-state index in [2.05, 4.69) is 22.3 Å². The molecule has 1 atom stereocenters. The van der Waals surface area contributed by atoms with E-state index in [0.717, 1.165) is 54.5 Å². The van der Waals surface area contributed by atoms with E-state index in [1.165, 1.54) is 13.2 Å². The second-order valence-corrected chi connectivity index (χ2v) is 10.5. The summed E-state index contributed by atoms with van der Waals surface area (Å²) in [6.07, 6.45) is 1.37. The number of anilines is 1. The summed E-state index contributed by atoms with van der Waals surface area (Å²) in [6, 6.07) is 11.8. The minimum atomic E-state index is -3.76. The highest BCUT2D eigenvalue weighted by Gasteiger charge is 2.31. The van der Waals surface area contributed by atoms with Crippen LogP contribution >= 0.6 is 11.6 Å². The van der Waals surface area contributed by atoms with Gasteiger partial charge in [0.05, 0.1) is 37.3 Å². The van der Waals surface area contributed by atoms with Crippen LogP contribution < -0.4 is 14.4 Å². The molecule has 34 heavy (non-hydrogen) atoms. The molecular formula is C24H32ClN3O5S. The molecule has 0 bridgehead atoms. The summed E-state index contributed by atoms with van der Waals surface area (Å²) in [6.45, 7) is 6.17. The zero-order chi connectivity index (χ0) is 24.7. The Morgan fingerprint density at radius 3 is 2.53 bits per heavy atom. The number of nitrogens with one attached hydrogen (secondary N) is 1. The van der Waals surface area contributed by atoms with Crippen LogP contribution in [0, 0.1) is 0 Å². The predicted octanol–water partition coefficient (Wildman–Crippen LogP) is 3.04. The van der Waals surface area contributed by atoms with Crippen LogP contribution in [0.25, 0.3) is 0 Å². The molecule has 8 nitrogen and oxygen atoms in total. The Bertz CT molecular complexity index is 1090. The van der Waals surface area contributed by atoms with Crippen LogP contribution in [-0.4, -0.2) is 64.9 Å². The molecule has 0 aliphatic carbocycles. The van der Waals surface area contributed by atoms with Crippen LogP contribution in [0.15, 0.2) is 42.5 Å². The Morgan fingerprint density at radius 1 is 1.21 bits per heavy atom. The fraction of sp³-hybridized carbons (Fsp3) is 0.458. The van der Waals surface area contributed by atoms with Gasteiger partial charge in [0.25, 0.3) is 0 Å². The van der Waals surface area contributed by atoms with Crippen molar-refractivity contribution in [1.29, 1.82) is 0 Å². The molecule has 2 aromatic rings. The summed E-state index contributed by atoms with van der Waals surface area (Å²) in [7, 11) is -2.28. The number of carbonyl (C=O) groups is 1. The third-order valence-corrected chi connectivity index (χ3v) is 7.16. The van der Waals surface area contributed by atoms with Gasteiger partial charge in [0.15, 0.2) is 0 Å². The molecule has 2 aromatic carbocycles. The van der Waals surface area contributed by atoms with Gasteiger partial charge in [-0.15, -0.1) is 0 Å². The maximum Gasteiger partial charge on any atom is 0.244 e. The third-order valence-electron chi connectivity index (χ3n) is 5.69. The number of morpholine rings is 1. The van der Waals surface area contributed by atoms with Crippen molar-refractivity contribution < 1.29 is 22.7 Å². The van der Waals surface area contributed by atoms with E-state index in [1.807, 2.05) is 12.1 Å². The molecule has 0 saturated carbocycles. The lowest BCUT2D eigenvalue weighted by Gasteiger charge is -2.30. The van der Waals surface area contributed by atoms with Gasteiger partial charge in [0, 0.05) is 26.2 Å². The number of sulfonamides is 1. The van der Waals surface area contributed by atoms with Crippen molar-refractivity contribution in [3.8, 4) is 5.75 Å². The molecule has 1 N–H and O–H groups in total. The van der Waals surface area contributed by atoms with Gasteiger partial charge >= 0.3 is 0 Å². The van der Waals surface area contributed by atoms with E-state index < -0.39 is 16.1 Å². The third kappa shape index (κ3) is 6.85. The van der Waals surface area contributed by atoms with E-state index in [-0.39, 0.29) is 10.9 Å². The summed E-state index contributed by atoms with van der Waals surface area (Å²) in [4.78, 5) is 15.5. The summed E-state index contributed by atoms with van der Waals surface area (Å²) < 4.78 is 37.0. The predicted molar refractivity (Wildman–Crippen MR) is 134 cm³/mol. The van der Waals surface area contributed by atoms with Gasteiger partial charge in [-0.2, -0.15) is 0 Å². The first-order chi connectivity index (χ1) is 16.2. The van der Waals surface area contributed by atoms with Crippen LogP contribution in [-0.2, 0) is 32.6 Å². The first-order valence-electron chi connectivity index (χ1n) is 11.2. The normalized spacial score (nSPS) is 15.5. The second kappa shape index (κ2) is 11.9. The molecule has 1 aliphatic heterocycles. The van der Waals surface area contributed by atoms with Gasteiger partial charge in [-0.25, -0.2) is 8.42 Å². The van der Waals surface area contributed by atoms with Gasteiger partial charge < -0.3 is 14.8 Å². The topological polar surface area (TPSA) is 88.2 Å². The number of nitrogens with zero attached hydrogens (tertiary/aromatic N) is 2. The fourth-order valence-corrected chi connectivity index (χ4v) is 5.47. The van der Waals surface area contributed by atoms with Crippen molar-refractivity contribution in [2.24, 2.45) is 0 Å². The number of halogens is 1. The number of rotatable bonds is 10. The Labute approximate surface area is 206 Å². The number of hydrogen-bond acceptors (Lipinski definition) is 6. The Hall–Kier alpha value is -2.33. The van der Waals surface area contributed by atoms with Crippen LogP contribution in [0.3, 0.4) is 0 Å². The van der Waals surface area contributed by atoms with Crippen molar-refractivity contribution in [3.05, 3.63) is 58.6 Å². The highest BCUT2D eigenvalue weighted by Crippen LogP contribution is 2.31. The van der Waals surface area contributed by atoms with Gasteiger partial charge in [-0.05, 0) is 35.7 Å². The zero-order valence-corrected chi connectivity index (χ0v) is 21.4. The maximum absolute atomic E-state index is 13.1. The minimum absolute atomic E-state index is 0.265. The molecule has 1 unspecified atom stereocenters. The number of hydrogen-bond donors (Lipinski definition) is 1. The number of ether oxygens (including phenoxy) is 2. The number of methoxy groups -OCH3 is 1. The maximum atomic E-state index is 13.1. The highest BCUT2D eigenvalue weighted by atomic mass is 35.5. The SMILES string of the molecule is CCC(C(=O)NCc1cccc(CN2CCOCC2)c1)N(c1ccc(OC)c(Cl)c1)S(C)(=O)=O. The molecule has 3 rings (SSSR count). The van der Waals surface area contributed by atoms with Gasteiger partial charge in [-0.3, -0.25) is 14.0 Å². The lowest BCUT2D eigenvalue weighted by molar-refractivity contribution is -0.122. The first kappa shape index (κ1) is 26.3. The van der Waals surface area contributed by atoms with Crippen LogP contribution in [0.2, 0.25) is 5.02 Å². The van der Waals surface area contributed by atoms with E-state index >= 15 is 0 Å². The minimum Gasteiger partial charge on any atom is -0.495 e. The largest absolute Gasteiger partial charge is 0.495 e. The lowest BCUT2D eigenvalue weighted by atomic mass is 10.1. The smallest absolute Gasteiger partial charge is 0.244 e. The molecule has 186 valence electrons. The Morgan fingerprint density at radius 2 is 1.91 bits per heavy atom. The van der Waals surface area contributed by atoms with Gasteiger partial charge in [-0.1, -0.05) is 42.8 Å². The molecule has 0 aromatic heterocycles. The molecule has 1 saturated heterocycles. The molecule has 1 amide bonds. The van der Waals surface area contributed by atoms with Crippen molar-refractivity contribution in [2.75, 3.05) is 44.0 Å². The quantitative estimate of drug-likeness (QED) is 0.529. The Kier molecular flexibility index (Phi) is 9.18. The van der Waals surface area contributed by atoms with Crippen LogP contribution in [0.1, 0.15) is 24.5 Å². The summed E-state index contributed by atoms with van der Waals surface area (Å²) >= 11 is 6.22. The average Bonchev–Trinajstić information content (AvgIpc) is 2.81. The van der Waals surface area contributed by atoms with Gasteiger partial charge in [0.2, 0.25) is 15.9 Å². The van der Waals surface area contributed by atoms with E-state index in [9.17, 15) is 13.2 Å². The molecule has 1 heterocycles. The molecule has 0 radical (unpaired) electrons. The summed E-state index contributed by atoms with van der Waals surface area (Å²) in [5, 5.41) is 3.17. The van der Waals surface area contributed by atoms with E-state index in [4.69, 9.17) is 21.1 Å². The van der Waals surface area contributed by atoms with E-state index in [0.29, 0.717) is 24.4 Å². The summed E-state index contributed by atoms with van der Waals surface area (Å²) in [5.41, 5.74) is 2.42. The van der Waals surface area contributed by atoms with Crippen molar-refractivity contribution >= 4 is 33.2 Å². The van der Waals surface area contributed by atoms with Crippen LogP contribution in [0.5, 0.6) is 5.75 Å². The van der Waals surface area contributed by atoms with E-state index in [1.54, 1.807) is 19.1 Å². The summed E-state index contributed by atoms with van der Waals surface area (Å²) in [5.74, 6) is 0.0479. The fourth-order valence-electron chi connectivity index (χ4n) is 4.02. The lowest BCUT2D eigenvalue weighted by Crippen LogP contribution is -2.49. The standard InChI is InChI=1S/C24H32ClN3O5S/c1-4-22(28(34(3,30)31)20-8-9-23(32-2)21(25)15-20)24(29)26-16-18-6-5-7-19(14-18)17-27-10-12-33-13-11-27/h5-9,14-15,22H,4,10-13,16-17H2,1-3H3,(H,26,29). The Balaban J connectivity index is 1.72. The molecule has 1 fully saturated rings. The highest BCUT2D eigenvalue weighted by molar-refractivity contribution is 7.92. The second-order valence-electron chi connectivity index (χ2n) is 8.23. The van der Waals surface area contributed by atoms with Crippen LogP contribution in [0.4, 0.5) is 5.69 Å². The van der Waals surface area contributed by atoms with Crippen molar-refractivity contribution in [3.63, 3.8) is 0 Å². The zero-order valence-electron chi connectivity index (χ0n) is 19.8. The molecule has 0 spiro atoms. The average molecular weight is 510 g/mol.